The third kappa shape index (κ3) is 3.85. The Balaban J connectivity index is 1.36. The molecular weight excluding hydrogens is 468 g/mol. The van der Waals surface area contributed by atoms with Crippen LogP contribution in [0.5, 0.6) is 11.5 Å². The van der Waals surface area contributed by atoms with E-state index in [1.54, 1.807) is 0 Å². The van der Waals surface area contributed by atoms with Crippen LogP contribution in [-0.2, 0) is 0 Å². The van der Waals surface area contributed by atoms with Gasteiger partial charge in [0.25, 0.3) is 0 Å². The number of para-hydroxylation sites is 1. The highest BCUT2D eigenvalue weighted by Crippen LogP contribution is 2.51. The molecule has 4 aromatic carbocycles. The Bertz CT molecular complexity index is 1660. The van der Waals surface area contributed by atoms with E-state index in [-0.39, 0.29) is 0 Å². The lowest BCUT2D eigenvalue weighted by Gasteiger charge is -2.26. The normalized spacial score (nSPS) is 13.6. The third-order valence-electron chi connectivity index (χ3n) is 7.00. The van der Waals surface area contributed by atoms with Crippen molar-refractivity contribution in [3.05, 3.63) is 128 Å². The molecule has 5 aromatic rings. The molecule has 3 heterocycles. The van der Waals surface area contributed by atoms with Crippen LogP contribution in [0.25, 0.3) is 22.3 Å². The van der Waals surface area contributed by atoms with Gasteiger partial charge in [-0.25, -0.2) is 4.98 Å². The van der Waals surface area contributed by atoms with Crippen molar-refractivity contribution in [3.63, 3.8) is 0 Å². The summed E-state index contributed by atoms with van der Waals surface area (Å²) in [5.41, 5.74) is 7.90. The van der Waals surface area contributed by atoms with Crippen LogP contribution in [0.3, 0.4) is 0 Å². The van der Waals surface area contributed by atoms with Crippen LogP contribution in [0.2, 0.25) is 0 Å². The van der Waals surface area contributed by atoms with Crippen LogP contribution < -0.4 is 14.5 Å². The second-order valence-corrected chi connectivity index (χ2v) is 9.53. The lowest BCUT2D eigenvalue weighted by molar-refractivity contribution is 0.481. The van der Waals surface area contributed by atoms with Gasteiger partial charge in [-0.15, -0.1) is 0 Å². The number of pyridine rings is 1. The molecule has 0 N–H and O–H groups in total. The molecule has 38 heavy (non-hydrogen) atoms. The van der Waals surface area contributed by atoms with E-state index in [2.05, 4.69) is 113 Å². The summed E-state index contributed by atoms with van der Waals surface area (Å²) < 4.78 is 6.46. The van der Waals surface area contributed by atoms with Crippen LogP contribution in [0.4, 0.5) is 22.9 Å². The first kappa shape index (κ1) is 22.2. The number of ether oxygens (including phenoxy) is 1. The van der Waals surface area contributed by atoms with E-state index in [1.807, 2.05) is 36.5 Å². The molecule has 0 aliphatic carbocycles. The summed E-state index contributed by atoms with van der Waals surface area (Å²) >= 11 is 0. The van der Waals surface area contributed by atoms with E-state index in [0.29, 0.717) is 0 Å². The standard InChI is InChI=1S/C33H26N4O/c1-35-19-20-36(23-35)24-9-8-10-25(21-24)38-26-16-17-30-28-12-3-2-11-27(28)29-13-4-5-14-31(29)37(32(30)22-26)33-15-6-7-18-34-33/h2-22H,23H2,1H3. The van der Waals surface area contributed by atoms with Crippen LogP contribution in [0.15, 0.2) is 128 Å². The number of hydrogen-bond acceptors (Lipinski definition) is 5. The van der Waals surface area contributed by atoms with Gasteiger partial charge in [-0.1, -0.05) is 54.6 Å². The predicted molar refractivity (Wildman–Crippen MR) is 154 cm³/mol. The Morgan fingerprint density at radius 2 is 1.37 bits per heavy atom. The van der Waals surface area contributed by atoms with E-state index in [4.69, 9.17) is 9.72 Å². The molecule has 0 saturated carbocycles. The van der Waals surface area contributed by atoms with Crippen molar-refractivity contribution >= 4 is 22.9 Å². The Morgan fingerprint density at radius 3 is 2.13 bits per heavy atom. The van der Waals surface area contributed by atoms with E-state index in [9.17, 15) is 0 Å². The van der Waals surface area contributed by atoms with Gasteiger partial charge in [-0.2, -0.15) is 0 Å². The molecule has 5 heteroatoms. The summed E-state index contributed by atoms with van der Waals surface area (Å²) in [4.78, 5) is 11.3. The van der Waals surface area contributed by atoms with Gasteiger partial charge in [-0.05, 0) is 53.6 Å². The smallest absolute Gasteiger partial charge is 0.137 e. The summed E-state index contributed by atoms with van der Waals surface area (Å²) in [6.45, 7) is 0.820. The molecule has 5 nitrogen and oxygen atoms in total. The van der Waals surface area contributed by atoms with Crippen molar-refractivity contribution in [2.45, 2.75) is 0 Å². The molecule has 0 radical (unpaired) electrons. The molecular formula is C33H26N4O. The van der Waals surface area contributed by atoms with Crippen LogP contribution in [-0.4, -0.2) is 23.6 Å². The molecule has 184 valence electrons. The van der Waals surface area contributed by atoms with Gasteiger partial charge in [-0.3, -0.25) is 4.90 Å². The SMILES string of the molecule is CN1C=CN(c2cccc(Oc3ccc4c(c3)N(c3ccccn3)c3ccccc3-c3ccccc3-4)c2)C1. The molecule has 0 unspecified atom stereocenters. The summed E-state index contributed by atoms with van der Waals surface area (Å²) in [6.07, 6.45) is 5.99. The molecule has 7 rings (SSSR count). The van der Waals surface area contributed by atoms with E-state index >= 15 is 0 Å². The molecule has 0 spiro atoms. The number of benzene rings is 4. The van der Waals surface area contributed by atoms with Crippen LogP contribution in [0, 0.1) is 0 Å². The minimum Gasteiger partial charge on any atom is -0.457 e. The van der Waals surface area contributed by atoms with E-state index in [0.717, 1.165) is 46.6 Å². The number of fused-ring (bicyclic) bond motifs is 5. The van der Waals surface area contributed by atoms with Gasteiger partial charge in [0.1, 0.15) is 17.3 Å². The van der Waals surface area contributed by atoms with E-state index in [1.165, 1.54) is 16.7 Å². The first-order chi connectivity index (χ1) is 18.7. The van der Waals surface area contributed by atoms with E-state index < -0.39 is 0 Å². The molecule has 0 saturated heterocycles. The molecule has 0 bridgehead atoms. The molecule has 2 aliphatic heterocycles. The van der Waals surface area contributed by atoms with Gasteiger partial charge in [0.2, 0.25) is 0 Å². The van der Waals surface area contributed by atoms with Crippen molar-refractivity contribution in [3.8, 4) is 33.8 Å². The van der Waals surface area contributed by atoms with Crippen LogP contribution in [0.1, 0.15) is 0 Å². The number of anilines is 4. The maximum atomic E-state index is 6.46. The van der Waals surface area contributed by atoms with Gasteiger partial charge in [0, 0.05) is 54.6 Å². The van der Waals surface area contributed by atoms with Gasteiger partial charge >= 0.3 is 0 Å². The summed E-state index contributed by atoms with van der Waals surface area (Å²) in [5, 5.41) is 0. The topological polar surface area (TPSA) is 31.8 Å². The van der Waals surface area contributed by atoms with Crippen molar-refractivity contribution in [2.75, 3.05) is 23.5 Å². The zero-order valence-corrected chi connectivity index (χ0v) is 21.0. The third-order valence-corrected chi connectivity index (χ3v) is 7.00. The number of rotatable bonds is 4. The Labute approximate surface area is 222 Å². The lowest BCUT2D eigenvalue weighted by atomic mass is 9.95. The molecule has 2 aliphatic rings. The minimum absolute atomic E-state index is 0.771. The number of aromatic nitrogens is 1. The zero-order valence-electron chi connectivity index (χ0n) is 21.0. The number of hydrogen-bond donors (Lipinski definition) is 0. The lowest BCUT2D eigenvalue weighted by Crippen LogP contribution is -2.21. The van der Waals surface area contributed by atoms with Crippen LogP contribution >= 0.6 is 0 Å². The quantitative estimate of drug-likeness (QED) is 0.247. The fourth-order valence-electron chi connectivity index (χ4n) is 5.26. The maximum absolute atomic E-state index is 6.46. The Morgan fingerprint density at radius 1 is 0.632 bits per heavy atom. The molecule has 1 aromatic heterocycles. The fraction of sp³-hybridized carbons (Fsp3) is 0.0606. The predicted octanol–water partition coefficient (Wildman–Crippen LogP) is 8.17. The molecule has 0 amide bonds. The van der Waals surface area contributed by atoms with Crippen molar-refractivity contribution in [1.29, 1.82) is 0 Å². The second-order valence-electron chi connectivity index (χ2n) is 9.53. The highest BCUT2D eigenvalue weighted by atomic mass is 16.5. The van der Waals surface area contributed by atoms with Gasteiger partial charge in [0.15, 0.2) is 0 Å². The zero-order chi connectivity index (χ0) is 25.5. The first-order valence-corrected chi connectivity index (χ1v) is 12.7. The largest absolute Gasteiger partial charge is 0.457 e. The minimum atomic E-state index is 0.771. The summed E-state index contributed by atoms with van der Waals surface area (Å²) in [6, 6.07) is 37.7. The van der Waals surface area contributed by atoms with Gasteiger partial charge < -0.3 is 14.5 Å². The fourth-order valence-corrected chi connectivity index (χ4v) is 5.26. The molecule has 0 fully saturated rings. The Hall–Kier alpha value is -5.03. The second kappa shape index (κ2) is 9.12. The highest BCUT2D eigenvalue weighted by molar-refractivity contribution is 6.02. The maximum Gasteiger partial charge on any atom is 0.137 e. The first-order valence-electron chi connectivity index (χ1n) is 12.7. The molecule has 0 atom stereocenters. The average molecular weight is 495 g/mol. The summed E-state index contributed by atoms with van der Waals surface area (Å²) in [7, 11) is 2.07. The van der Waals surface area contributed by atoms with Crippen molar-refractivity contribution in [2.24, 2.45) is 0 Å². The van der Waals surface area contributed by atoms with Crippen molar-refractivity contribution in [1.82, 2.24) is 9.88 Å². The van der Waals surface area contributed by atoms with Crippen molar-refractivity contribution < 1.29 is 4.74 Å². The summed E-state index contributed by atoms with van der Waals surface area (Å²) in [5.74, 6) is 2.43. The average Bonchev–Trinajstić information content (AvgIpc) is 3.36. The Kier molecular flexibility index (Phi) is 5.33. The highest BCUT2D eigenvalue weighted by Gasteiger charge is 2.26. The van der Waals surface area contributed by atoms with Gasteiger partial charge in [0.05, 0.1) is 18.0 Å². The number of nitrogens with zero attached hydrogens (tertiary/aromatic N) is 4. The monoisotopic (exact) mass is 494 g/mol.